The number of amides is 1. The van der Waals surface area contributed by atoms with Crippen molar-refractivity contribution >= 4 is 5.91 Å². The zero-order valence-electron chi connectivity index (χ0n) is 20.8. The normalized spacial score (nSPS) is 18.6. The van der Waals surface area contributed by atoms with Crippen LogP contribution in [0.4, 0.5) is 0 Å². The third-order valence-electron chi connectivity index (χ3n) is 6.56. The number of likely N-dealkylation sites (N-methyl/N-ethyl adjacent to an activating group) is 1. The Labute approximate surface area is 211 Å². The van der Waals surface area contributed by atoms with Gasteiger partial charge in [0.05, 0.1) is 24.3 Å². The highest BCUT2D eigenvalue weighted by Gasteiger charge is 2.34. The Morgan fingerprint density at radius 1 is 1.22 bits per heavy atom. The van der Waals surface area contributed by atoms with Gasteiger partial charge in [-0.1, -0.05) is 19.1 Å². The van der Waals surface area contributed by atoms with Crippen LogP contribution in [0, 0.1) is 17.2 Å². The zero-order chi connectivity index (χ0) is 25.7. The number of nitriles is 1. The summed E-state index contributed by atoms with van der Waals surface area (Å²) in [5.74, 6) is 0.0855. The number of aliphatic hydroxyl groups excluding tert-OH is 1. The minimum Gasteiger partial charge on any atom is -0.472 e. The number of benzene rings is 1. The quantitative estimate of drug-likeness (QED) is 0.547. The summed E-state index contributed by atoms with van der Waals surface area (Å²) < 4.78 is 6.40. The number of hydrogen-bond acceptors (Lipinski definition) is 7. The summed E-state index contributed by atoms with van der Waals surface area (Å²) in [7, 11) is 2.04. The van der Waals surface area contributed by atoms with Crippen molar-refractivity contribution < 1.29 is 14.6 Å². The summed E-state index contributed by atoms with van der Waals surface area (Å²) in [6, 6.07) is 14.7. The molecule has 0 saturated heterocycles. The molecule has 0 radical (unpaired) electrons. The molecule has 0 fully saturated rings. The number of hydrogen-bond donors (Lipinski definition) is 1. The van der Waals surface area contributed by atoms with Gasteiger partial charge in [-0.2, -0.15) is 5.26 Å². The van der Waals surface area contributed by atoms with Gasteiger partial charge in [0.15, 0.2) is 0 Å². The van der Waals surface area contributed by atoms with E-state index in [1.165, 1.54) is 0 Å². The van der Waals surface area contributed by atoms with Crippen molar-refractivity contribution in [2.24, 2.45) is 5.92 Å². The lowest BCUT2D eigenvalue weighted by atomic mass is 9.99. The lowest BCUT2D eigenvalue weighted by Gasteiger charge is -2.37. The Morgan fingerprint density at radius 2 is 1.94 bits per heavy atom. The standard InChI is InChI=1S/C28H31N5O3/c1-19-15-33(20(2)18-34)28(35)25-12-24(23-6-4-21(13-29)5-7-23)14-31-27(25)36-26(19)17-32(3)16-22-8-10-30-11-9-22/h4-12,14,19-20,26,34H,15-18H2,1-3H3/t19-,20+,26+/m1/s1. The number of aromatic nitrogens is 2. The van der Waals surface area contributed by atoms with E-state index in [2.05, 4.69) is 27.9 Å². The number of ether oxygens (including phenoxy) is 1. The molecule has 4 rings (SSSR count). The molecule has 8 heteroatoms. The van der Waals surface area contributed by atoms with Crippen LogP contribution in [0.15, 0.2) is 61.1 Å². The summed E-state index contributed by atoms with van der Waals surface area (Å²) in [4.78, 5) is 26.2. The maximum Gasteiger partial charge on any atom is 0.259 e. The molecule has 0 saturated carbocycles. The molecular formula is C28H31N5O3. The van der Waals surface area contributed by atoms with Gasteiger partial charge in [-0.25, -0.2) is 4.98 Å². The van der Waals surface area contributed by atoms with Crippen LogP contribution in [0.1, 0.15) is 35.3 Å². The first-order valence-corrected chi connectivity index (χ1v) is 12.1. The largest absolute Gasteiger partial charge is 0.472 e. The Balaban J connectivity index is 1.66. The zero-order valence-corrected chi connectivity index (χ0v) is 20.8. The first-order chi connectivity index (χ1) is 17.4. The molecule has 1 N–H and O–H groups in total. The van der Waals surface area contributed by atoms with Crippen LogP contribution in [0.5, 0.6) is 5.88 Å². The van der Waals surface area contributed by atoms with Gasteiger partial charge in [0.25, 0.3) is 5.91 Å². The summed E-state index contributed by atoms with van der Waals surface area (Å²) in [6.07, 6.45) is 5.04. The number of fused-ring (bicyclic) bond motifs is 1. The SMILES string of the molecule is C[C@@H]1CN([C@@H](C)CO)C(=O)c2cc(-c3ccc(C#N)cc3)cnc2O[C@H]1CN(C)Cc1ccncc1. The molecule has 186 valence electrons. The molecule has 0 bridgehead atoms. The average Bonchev–Trinajstić information content (AvgIpc) is 2.90. The Hall–Kier alpha value is -3.80. The smallest absolute Gasteiger partial charge is 0.259 e. The second-order valence-electron chi connectivity index (χ2n) is 9.44. The first-order valence-electron chi connectivity index (χ1n) is 12.1. The predicted octanol–water partition coefficient (Wildman–Crippen LogP) is 3.37. The molecule has 1 aliphatic heterocycles. The van der Waals surface area contributed by atoms with E-state index in [1.807, 2.05) is 38.2 Å². The lowest BCUT2D eigenvalue weighted by Crippen LogP contribution is -2.49. The maximum atomic E-state index is 13.6. The molecule has 36 heavy (non-hydrogen) atoms. The second-order valence-corrected chi connectivity index (χ2v) is 9.44. The second kappa shape index (κ2) is 11.3. The van der Waals surface area contributed by atoms with Crippen molar-refractivity contribution in [3.63, 3.8) is 0 Å². The van der Waals surface area contributed by atoms with Gasteiger partial charge in [-0.05, 0) is 55.4 Å². The maximum absolute atomic E-state index is 13.6. The molecule has 0 unspecified atom stereocenters. The Morgan fingerprint density at radius 3 is 2.61 bits per heavy atom. The number of nitrogens with zero attached hydrogens (tertiary/aromatic N) is 5. The highest BCUT2D eigenvalue weighted by molar-refractivity contribution is 5.98. The first kappa shape index (κ1) is 25.3. The van der Waals surface area contributed by atoms with Crippen molar-refractivity contribution in [2.75, 3.05) is 26.7 Å². The third-order valence-corrected chi connectivity index (χ3v) is 6.56. The van der Waals surface area contributed by atoms with Crippen molar-refractivity contribution in [2.45, 2.75) is 32.5 Å². The molecular weight excluding hydrogens is 454 g/mol. The number of pyridine rings is 2. The van der Waals surface area contributed by atoms with E-state index in [0.29, 0.717) is 30.1 Å². The summed E-state index contributed by atoms with van der Waals surface area (Å²) in [5, 5.41) is 19.0. The van der Waals surface area contributed by atoms with Crippen LogP contribution in [0.25, 0.3) is 11.1 Å². The van der Waals surface area contributed by atoms with Crippen molar-refractivity contribution in [3.8, 4) is 23.1 Å². The van der Waals surface area contributed by atoms with Crippen LogP contribution in [0.3, 0.4) is 0 Å². The molecule has 1 aromatic carbocycles. The van der Waals surface area contributed by atoms with Gasteiger partial charge in [0, 0.05) is 49.7 Å². The van der Waals surface area contributed by atoms with Crippen molar-refractivity contribution in [1.29, 1.82) is 5.26 Å². The molecule has 1 aliphatic rings. The monoisotopic (exact) mass is 485 g/mol. The van der Waals surface area contributed by atoms with Gasteiger partial charge < -0.3 is 14.7 Å². The molecule has 2 aromatic heterocycles. The number of carbonyl (C=O) groups is 1. The van der Waals surface area contributed by atoms with E-state index in [1.54, 1.807) is 41.7 Å². The van der Waals surface area contributed by atoms with E-state index in [-0.39, 0.29) is 30.6 Å². The summed E-state index contributed by atoms with van der Waals surface area (Å²) in [6.45, 7) is 5.60. The van der Waals surface area contributed by atoms with Gasteiger partial charge in [-0.15, -0.1) is 0 Å². The number of rotatable bonds is 7. The third kappa shape index (κ3) is 5.70. The molecule has 0 spiro atoms. The van der Waals surface area contributed by atoms with Crippen molar-refractivity contribution in [1.82, 2.24) is 19.8 Å². The van der Waals surface area contributed by atoms with Gasteiger partial charge >= 0.3 is 0 Å². The van der Waals surface area contributed by atoms with Crippen LogP contribution in [-0.2, 0) is 6.54 Å². The van der Waals surface area contributed by atoms with Crippen LogP contribution >= 0.6 is 0 Å². The van der Waals surface area contributed by atoms with Crippen LogP contribution < -0.4 is 4.74 Å². The fourth-order valence-electron chi connectivity index (χ4n) is 4.39. The predicted molar refractivity (Wildman–Crippen MR) is 136 cm³/mol. The van der Waals surface area contributed by atoms with Crippen LogP contribution in [-0.4, -0.2) is 69.7 Å². The fourth-order valence-corrected chi connectivity index (χ4v) is 4.39. The fraction of sp³-hybridized carbons (Fsp3) is 0.357. The lowest BCUT2D eigenvalue weighted by molar-refractivity contribution is 0.0325. The number of carbonyl (C=O) groups excluding carboxylic acids is 1. The summed E-state index contributed by atoms with van der Waals surface area (Å²) >= 11 is 0. The summed E-state index contributed by atoms with van der Waals surface area (Å²) in [5.41, 5.74) is 3.69. The molecule has 3 aromatic rings. The molecule has 3 atom stereocenters. The van der Waals surface area contributed by atoms with E-state index >= 15 is 0 Å². The molecule has 0 aliphatic carbocycles. The van der Waals surface area contributed by atoms with Crippen molar-refractivity contribution in [3.05, 3.63) is 77.7 Å². The highest BCUT2D eigenvalue weighted by atomic mass is 16.5. The molecule has 3 heterocycles. The van der Waals surface area contributed by atoms with E-state index < -0.39 is 0 Å². The molecule has 1 amide bonds. The molecule has 8 nitrogen and oxygen atoms in total. The van der Waals surface area contributed by atoms with E-state index in [4.69, 9.17) is 10.00 Å². The minimum atomic E-state index is -0.348. The minimum absolute atomic E-state index is 0.0102. The Bertz CT molecular complexity index is 1230. The average molecular weight is 486 g/mol. The van der Waals surface area contributed by atoms with E-state index in [9.17, 15) is 9.90 Å². The number of aliphatic hydroxyl groups is 1. The van der Waals surface area contributed by atoms with Gasteiger partial charge in [0.1, 0.15) is 11.7 Å². The van der Waals surface area contributed by atoms with E-state index in [0.717, 1.165) is 23.2 Å². The van der Waals surface area contributed by atoms with Gasteiger partial charge in [0.2, 0.25) is 5.88 Å². The highest BCUT2D eigenvalue weighted by Crippen LogP contribution is 2.30. The Kier molecular flexibility index (Phi) is 7.93. The topological polar surface area (TPSA) is 103 Å². The van der Waals surface area contributed by atoms with Crippen LogP contribution in [0.2, 0.25) is 0 Å². The van der Waals surface area contributed by atoms with Gasteiger partial charge in [-0.3, -0.25) is 14.7 Å².